The second-order valence-electron chi connectivity index (χ2n) is 7.48. The summed E-state index contributed by atoms with van der Waals surface area (Å²) in [5, 5.41) is 18.4. The van der Waals surface area contributed by atoms with Gasteiger partial charge in [-0.2, -0.15) is 0 Å². The van der Waals surface area contributed by atoms with Crippen LogP contribution in [-0.4, -0.2) is 45.9 Å². The summed E-state index contributed by atoms with van der Waals surface area (Å²) in [5.74, 6) is -1.85. The van der Waals surface area contributed by atoms with Gasteiger partial charge in [0.05, 0.1) is 0 Å². The Kier molecular flexibility index (Phi) is 8.82. The standard InChI is InChI=1S/C23H24BrN3O6/c24-20-13-17(33-27-20)12-19(22(29)30)25-21(28)18(11-15-7-3-1-4-8-15)26-23(31)32-14-16-9-5-2-6-10-16/h1-10,17-19H,11-14H2,(H,25,28)(H,26,31)(H,29,30)/t17?,18-,19-/m0/s1. The van der Waals surface area contributed by atoms with Gasteiger partial charge < -0.3 is 25.3 Å². The predicted molar refractivity (Wildman–Crippen MR) is 124 cm³/mol. The number of halogens is 1. The van der Waals surface area contributed by atoms with Crippen LogP contribution in [0.15, 0.2) is 65.8 Å². The number of hydrogen-bond acceptors (Lipinski definition) is 6. The topological polar surface area (TPSA) is 126 Å². The molecule has 0 spiro atoms. The highest BCUT2D eigenvalue weighted by Crippen LogP contribution is 2.19. The van der Waals surface area contributed by atoms with Crippen molar-refractivity contribution in [1.82, 2.24) is 10.6 Å². The van der Waals surface area contributed by atoms with Crippen LogP contribution in [0.25, 0.3) is 0 Å². The van der Waals surface area contributed by atoms with Gasteiger partial charge >= 0.3 is 12.1 Å². The number of nitrogens with zero attached hydrogens (tertiary/aromatic N) is 1. The lowest BCUT2D eigenvalue weighted by Gasteiger charge is -2.22. The summed E-state index contributed by atoms with van der Waals surface area (Å²) in [5.41, 5.74) is 1.59. The number of alkyl carbamates (subject to hydrolysis) is 1. The van der Waals surface area contributed by atoms with Gasteiger partial charge in [0.15, 0.2) is 0 Å². The molecule has 174 valence electrons. The second-order valence-corrected chi connectivity index (χ2v) is 8.40. The quantitative estimate of drug-likeness (QED) is 0.444. The van der Waals surface area contributed by atoms with Crippen molar-refractivity contribution in [2.75, 3.05) is 0 Å². The summed E-state index contributed by atoms with van der Waals surface area (Å²) in [4.78, 5) is 42.3. The van der Waals surface area contributed by atoms with Crippen molar-refractivity contribution < 1.29 is 29.1 Å². The van der Waals surface area contributed by atoms with Crippen LogP contribution in [0.3, 0.4) is 0 Å². The molecule has 3 rings (SSSR count). The van der Waals surface area contributed by atoms with E-state index in [1.54, 1.807) is 0 Å². The number of carboxylic acids is 1. The van der Waals surface area contributed by atoms with E-state index in [-0.39, 0.29) is 19.4 Å². The number of carbonyl (C=O) groups is 3. The van der Waals surface area contributed by atoms with E-state index in [0.717, 1.165) is 11.1 Å². The molecule has 0 radical (unpaired) electrons. The molecule has 1 aliphatic rings. The molecule has 2 amide bonds. The van der Waals surface area contributed by atoms with Crippen LogP contribution in [0, 0.1) is 0 Å². The highest BCUT2D eigenvalue weighted by molar-refractivity contribution is 9.18. The van der Waals surface area contributed by atoms with Crippen molar-refractivity contribution in [1.29, 1.82) is 0 Å². The van der Waals surface area contributed by atoms with Gasteiger partial charge in [0.1, 0.15) is 29.4 Å². The van der Waals surface area contributed by atoms with Crippen LogP contribution >= 0.6 is 15.9 Å². The zero-order valence-corrected chi connectivity index (χ0v) is 19.2. The number of aliphatic carboxylic acids is 1. The average Bonchev–Trinajstić information content (AvgIpc) is 3.22. The molecule has 0 bridgehead atoms. The monoisotopic (exact) mass is 517 g/mol. The smallest absolute Gasteiger partial charge is 0.408 e. The molecule has 0 saturated heterocycles. The third-order valence-electron chi connectivity index (χ3n) is 4.91. The van der Waals surface area contributed by atoms with Crippen molar-refractivity contribution >= 4 is 38.5 Å². The molecule has 0 fully saturated rings. The minimum Gasteiger partial charge on any atom is -0.480 e. The minimum atomic E-state index is -1.21. The summed E-state index contributed by atoms with van der Waals surface area (Å²) in [6, 6.07) is 16.0. The Balaban J connectivity index is 1.64. The number of carbonyl (C=O) groups excluding carboxylic acids is 2. The summed E-state index contributed by atoms with van der Waals surface area (Å²) >= 11 is 3.20. The fourth-order valence-corrected chi connectivity index (χ4v) is 3.69. The van der Waals surface area contributed by atoms with Crippen LogP contribution in [0.2, 0.25) is 0 Å². The highest BCUT2D eigenvalue weighted by atomic mass is 79.9. The predicted octanol–water partition coefficient (Wildman–Crippen LogP) is 2.98. The molecule has 1 unspecified atom stereocenters. The van der Waals surface area contributed by atoms with Crippen molar-refractivity contribution in [2.24, 2.45) is 5.16 Å². The van der Waals surface area contributed by atoms with Gasteiger partial charge in [-0.25, -0.2) is 9.59 Å². The summed E-state index contributed by atoms with van der Waals surface area (Å²) < 4.78 is 5.81. The molecule has 33 heavy (non-hydrogen) atoms. The van der Waals surface area contributed by atoms with Gasteiger partial charge in [0.25, 0.3) is 0 Å². The SMILES string of the molecule is O=C(N[C@@H](Cc1ccccc1)C(=O)N[C@@H](CC1CC(Br)=NO1)C(=O)O)OCc1ccccc1. The lowest BCUT2D eigenvalue weighted by molar-refractivity contribution is -0.143. The molecule has 1 heterocycles. The Morgan fingerprint density at radius 2 is 1.67 bits per heavy atom. The fraction of sp³-hybridized carbons (Fsp3) is 0.304. The van der Waals surface area contributed by atoms with Crippen molar-refractivity contribution in [3.05, 3.63) is 71.8 Å². The minimum absolute atomic E-state index is 0.0240. The van der Waals surface area contributed by atoms with Gasteiger partial charge in [-0.15, -0.1) is 0 Å². The molecule has 10 heteroatoms. The van der Waals surface area contributed by atoms with Crippen molar-refractivity contribution in [3.63, 3.8) is 0 Å². The summed E-state index contributed by atoms with van der Waals surface area (Å²) in [6.45, 7) is 0.0397. The van der Waals surface area contributed by atoms with E-state index in [1.807, 2.05) is 60.7 Å². The first-order valence-electron chi connectivity index (χ1n) is 10.3. The average molecular weight is 518 g/mol. The first kappa shape index (κ1) is 24.2. The van der Waals surface area contributed by atoms with E-state index in [1.165, 1.54) is 0 Å². The Morgan fingerprint density at radius 3 is 2.24 bits per heavy atom. The lowest BCUT2D eigenvalue weighted by atomic mass is 10.0. The lowest BCUT2D eigenvalue weighted by Crippen LogP contribution is -2.53. The fourth-order valence-electron chi connectivity index (χ4n) is 3.24. The maximum Gasteiger partial charge on any atom is 0.408 e. The molecular formula is C23H24BrN3O6. The van der Waals surface area contributed by atoms with Gasteiger partial charge in [0, 0.05) is 19.3 Å². The van der Waals surface area contributed by atoms with E-state index in [0.29, 0.717) is 11.0 Å². The summed E-state index contributed by atoms with van der Waals surface area (Å²) in [6.07, 6.45) is -0.656. The van der Waals surface area contributed by atoms with E-state index in [4.69, 9.17) is 9.57 Å². The summed E-state index contributed by atoms with van der Waals surface area (Å²) in [7, 11) is 0. The Labute approximate surface area is 199 Å². The first-order chi connectivity index (χ1) is 15.9. The molecule has 2 aromatic carbocycles. The van der Waals surface area contributed by atoms with Crippen LogP contribution in [0.4, 0.5) is 4.79 Å². The van der Waals surface area contributed by atoms with Crippen LogP contribution in [0.1, 0.15) is 24.0 Å². The number of carboxylic acid groups (broad SMARTS) is 1. The molecule has 3 atom stereocenters. The molecule has 0 saturated carbocycles. The zero-order chi connectivity index (χ0) is 23.6. The Bertz CT molecular complexity index is 986. The number of rotatable bonds is 10. The Morgan fingerprint density at radius 1 is 1.03 bits per heavy atom. The third kappa shape index (κ3) is 7.90. The number of ether oxygens (including phenoxy) is 1. The normalized spacial score (nSPS) is 16.6. The van der Waals surface area contributed by atoms with Gasteiger partial charge in [-0.1, -0.05) is 65.8 Å². The van der Waals surface area contributed by atoms with Gasteiger partial charge in [-0.3, -0.25) is 4.79 Å². The molecular weight excluding hydrogens is 494 g/mol. The highest BCUT2D eigenvalue weighted by Gasteiger charge is 2.31. The number of amides is 2. The second kappa shape index (κ2) is 12.0. The van der Waals surface area contributed by atoms with Gasteiger partial charge in [-0.05, 0) is 27.1 Å². The van der Waals surface area contributed by atoms with Crippen LogP contribution in [-0.2, 0) is 32.2 Å². The van der Waals surface area contributed by atoms with Crippen molar-refractivity contribution in [2.45, 2.75) is 44.1 Å². The van der Waals surface area contributed by atoms with E-state index < -0.39 is 36.2 Å². The maximum absolute atomic E-state index is 13.0. The molecule has 0 aromatic heterocycles. The number of nitrogens with one attached hydrogen (secondary N) is 2. The molecule has 9 nitrogen and oxygen atoms in total. The number of oxime groups is 1. The molecule has 2 aromatic rings. The van der Waals surface area contributed by atoms with Crippen molar-refractivity contribution in [3.8, 4) is 0 Å². The number of hydrogen-bond donors (Lipinski definition) is 3. The van der Waals surface area contributed by atoms with E-state index in [2.05, 4.69) is 31.7 Å². The maximum atomic E-state index is 13.0. The Hall–Kier alpha value is -3.40. The van der Waals surface area contributed by atoms with E-state index >= 15 is 0 Å². The molecule has 1 aliphatic heterocycles. The van der Waals surface area contributed by atoms with Gasteiger partial charge in [0.2, 0.25) is 5.91 Å². The zero-order valence-electron chi connectivity index (χ0n) is 17.6. The first-order valence-corrected chi connectivity index (χ1v) is 11.1. The molecule has 0 aliphatic carbocycles. The van der Waals surface area contributed by atoms with E-state index in [9.17, 15) is 19.5 Å². The number of benzene rings is 2. The van der Waals surface area contributed by atoms with Crippen LogP contribution in [0.5, 0.6) is 0 Å². The third-order valence-corrected chi connectivity index (χ3v) is 5.38. The largest absolute Gasteiger partial charge is 0.480 e. The molecule has 3 N–H and O–H groups in total. The van der Waals surface area contributed by atoms with Crippen LogP contribution < -0.4 is 10.6 Å².